The molecule has 1 amide bonds. The van der Waals surface area contributed by atoms with E-state index >= 15 is 0 Å². The van der Waals surface area contributed by atoms with Gasteiger partial charge in [0, 0.05) is 0 Å². The van der Waals surface area contributed by atoms with Gasteiger partial charge >= 0.3 is 0 Å². The maximum atomic E-state index is 13.4. The lowest BCUT2D eigenvalue weighted by Gasteiger charge is -2.09. The fourth-order valence-corrected chi connectivity index (χ4v) is 3.38. The predicted octanol–water partition coefficient (Wildman–Crippen LogP) is 3.30. The van der Waals surface area contributed by atoms with E-state index in [4.69, 9.17) is 4.52 Å². The van der Waals surface area contributed by atoms with Crippen LogP contribution in [-0.4, -0.2) is 24.2 Å². The molecule has 1 aromatic heterocycles. The van der Waals surface area contributed by atoms with Crippen molar-refractivity contribution < 1.29 is 13.7 Å². The van der Waals surface area contributed by atoms with E-state index < -0.39 is 5.82 Å². The Hall–Kier alpha value is -2.73. The molecular weight excluding hydrogens is 333 g/mol. The molecule has 1 aliphatic heterocycles. The van der Waals surface area contributed by atoms with E-state index in [9.17, 15) is 9.18 Å². The topological polar surface area (TPSA) is 67.2 Å². The van der Waals surface area contributed by atoms with Gasteiger partial charge in [0.15, 0.2) is 11.4 Å². The summed E-state index contributed by atoms with van der Waals surface area (Å²) in [5.41, 5.74) is 2.66. The highest BCUT2D eigenvalue weighted by molar-refractivity contribution is 5.99. The van der Waals surface area contributed by atoms with Crippen LogP contribution in [0.15, 0.2) is 47.0 Å². The number of fused-ring (bicyclic) bond motifs is 1. The summed E-state index contributed by atoms with van der Waals surface area (Å²) in [5.74, 6) is 0.335. The maximum absolute atomic E-state index is 13.4. The number of rotatable bonds is 5. The summed E-state index contributed by atoms with van der Waals surface area (Å²) < 4.78 is 18.5. The Labute approximate surface area is 150 Å². The van der Waals surface area contributed by atoms with E-state index in [0.29, 0.717) is 16.9 Å². The molecule has 0 aliphatic carbocycles. The largest absolute Gasteiger partial charge is 0.354 e. The molecule has 0 spiro atoms. The number of nitrogens with one attached hydrogen (secondary N) is 2. The van der Waals surface area contributed by atoms with Crippen LogP contribution in [-0.2, 0) is 17.6 Å². The zero-order chi connectivity index (χ0) is 17.9. The summed E-state index contributed by atoms with van der Waals surface area (Å²) in [5, 5.41) is 10.3. The van der Waals surface area contributed by atoms with Crippen molar-refractivity contribution in [3.05, 3.63) is 59.4 Å². The van der Waals surface area contributed by atoms with Gasteiger partial charge in [0.25, 0.3) is 0 Å². The summed E-state index contributed by atoms with van der Waals surface area (Å²) >= 11 is 0. The second kappa shape index (κ2) is 7.25. The van der Waals surface area contributed by atoms with Gasteiger partial charge in [-0.3, -0.25) is 4.79 Å². The number of carbonyl (C=O) groups is 1. The van der Waals surface area contributed by atoms with Gasteiger partial charge in [-0.15, -0.1) is 0 Å². The average molecular weight is 353 g/mol. The van der Waals surface area contributed by atoms with E-state index in [2.05, 4.69) is 27.9 Å². The zero-order valence-electron chi connectivity index (χ0n) is 14.3. The first kappa shape index (κ1) is 16.7. The minimum atomic E-state index is -0.399. The van der Waals surface area contributed by atoms with Crippen LogP contribution in [0.25, 0.3) is 11.0 Å². The number of nitrogens with zero attached hydrogens (tertiary/aromatic N) is 1. The van der Waals surface area contributed by atoms with Crippen LogP contribution in [0.2, 0.25) is 0 Å². The number of halogens is 1. The Morgan fingerprint density at radius 1 is 1.23 bits per heavy atom. The molecule has 0 radical (unpaired) electrons. The lowest BCUT2D eigenvalue weighted by molar-refractivity contribution is -0.115. The number of hydrogen-bond acceptors (Lipinski definition) is 4. The Morgan fingerprint density at radius 3 is 2.81 bits per heavy atom. The lowest BCUT2D eigenvalue weighted by atomic mass is 9.97. The smallest absolute Gasteiger partial charge is 0.230 e. The minimum Gasteiger partial charge on any atom is -0.354 e. The molecule has 6 heteroatoms. The van der Waals surface area contributed by atoms with Gasteiger partial charge in [0.2, 0.25) is 5.91 Å². The van der Waals surface area contributed by atoms with Gasteiger partial charge in [-0.05, 0) is 61.2 Å². The van der Waals surface area contributed by atoms with Crippen LogP contribution in [0, 0.1) is 11.7 Å². The highest BCUT2D eigenvalue weighted by Gasteiger charge is 2.15. The molecule has 2 aromatic carbocycles. The third kappa shape index (κ3) is 3.75. The van der Waals surface area contributed by atoms with Gasteiger partial charge in [-0.1, -0.05) is 29.4 Å². The third-order valence-corrected chi connectivity index (χ3v) is 4.76. The summed E-state index contributed by atoms with van der Waals surface area (Å²) in [6, 6.07) is 12.2. The number of aromatic nitrogens is 1. The van der Waals surface area contributed by atoms with Crippen LogP contribution in [0.4, 0.5) is 10.2 Å². The molecule has 134 valence electrons. The summed E-state index contributed by atoms with van der Waals surface area (Å²) in [6.07, 6.45) is 2.52. The number of hydrogen-bond donors (Lipinski definition) is 2. The highest BCUT2D eigenvalue weighted by Crippen LogP contribution is 2.23. The van der Waals surface area contributed by atoms with Crippen LogP contribution in [0.3, 0.4) is 0 Å². The number of benzene rings is 2. The van der Waals surface area contributed by atoms with Crippen molar-refractivity contribution in [2.24, 2.45) is 5.92 Å². The first-order chi connectivity index (χ1) is 12.7. The molecule has 26 heavy (non-hydrogen) atoms. The van der Waals surface area contributed by atoms with Crippen LogP contribution < -0.4 is 10.6 Å². The normalized spacial score (nSPS) is 16.9. The van der Waals surface area contributed by atoms with Crippen molar-refractivity contribution in [3.8, 4) is 0 Å². The molecule has 0 bridgehead atoms. The Bertz CT molecular complexity index is 914. The Balaban J connectivity index is 1.38. The molecule has 0 saturated carbocycles. The van der Waals surface area contributed by atoms with E-state index in [-0.39, 0.29) is 18.1 Å². The monoisotopic (exact) mass is 353 g/mol. The Morgan fingerprint density at radius 2 is 2.04 bits per heavy atom. The van der Waals surface area contributed by atoms with Crippen molar-refractivity contribution in [2.75, 3.05) is 18.4 Å². The summed E-state index contributed by atoms with van der Waals surface area (Å²) in [4.78, 5) is 12.3. The summed E-state index contributed by atoms with van der Waals surface area (Å²) in [7, 11) is 0. The van der Waals surface area contributed by atoms with Crippen molar-refractivity contribution in [3.63, 3.8) is 0 Å². The number of anilines is 1. The molecule has 3 aromatic rings. The number of amides is 1. The Kier molecular flexibility index (Phi) is 4.67. The zero-order valence-corrected chi connectivity index (χ0v) is 14.3. The molecule has 5 nitrogen and oxygen atoms in total. The summed E-state index contributed by atoms with van der Waals surface area (Å²) in [6.45, 7) is 2.18. The van der Waals surface area contributed by atoms with Crippen LogP contribution >= 0.6 is 0 Å². The molecule has 4 rings (SSSR count). The van der Waals surface area contributed by atoms with Crippen LogP contribution in [0.5, 0.6) is 0 Å². The van der Waals surface area contributed by atoms with E-state index in [1.54, 1.807) is 0 Å². The van der Waals surface area contributed by atoms with Crippen molar-refractivity contribution in [2.45, 2.75) is 19.3 Å². The standard InChI is InChI=1S/C20H20FN3O2/c21-16-5-6-18-17(11-16)20(24-26-18)23-19(25)10-14-3-1-13(2-4-14)9-15-7-8-22-12-15/h1-6,11,15,22H,7-10,12H2,(H,23,24,25). The SMILES string of the molecule is O=C(Cc1ccc(CC2CCNC2)cc1)Nc1noc2ccc(F)cc12. The van der Waals surface area contributed by atoms with Crippen molar-refractivity contribution >= 4 is 22.7 Å². The first-order valence-corrected chi connectivity index (χ1v) is 8.81. The van der Waals surface area contributed by atoms with Gasteiger partial charge in [-0.25, -0.2) is 4.39 Å². The van der Waals surface area contributed by atoms with Gasteiger partial charge in [0.05, 0.1) is 11.8 Å². The quantitative estimate of drug-likeness (QED) is 0.739. The fourth-order valence-electron chi connectivity index (χ4n) is 3.38. The molecule has 1 aliphatic rings. The molecule has 1 unspecified atom stereocenters. The predicted molar refractivity (Wildman–Crippen MR) is 97.4 cm³/mol. The van der Waals surface area contributed by atoms with E-state index in [0.717, 1.165) is 25.1 Å². The fraction of sp³-hybridized carbons (Fsp3) is 0.300. The van der Waals surface area contributed by atoms with E-state index in [1.165, 1.54) is 30.2 Å². The molecule has 1 saturated heterocycles. The molecule has 1 fully saturated rings. The average Bonchev–Trinajstić information content (AvgIpc) is 3.27. The second-order valence-corrected chi connectivity index (χ2v) is 6.78. The first-order valence-electron chi connectivity index (χ1n) is 8.81. The van der Waals surface area contributed by atoms with Crippen molar-refractivity contribution in [1.29, 1.82) is 0 Å². The molecule has 2 heterocycles. The minimum absolute atomic E-state index is 0.211. The van der Waals surface area contributed by atoms with Gasteiger partial charge < -0.3 is 15.2 Å². The third-order valence-electron chi connectivity index (χ3n) is 4.76. The van der Waals surface area contributed by atoms with Crippen molar-refractivity contribution in [1.82, 2.24) is 10.5 Å². The van der Waals surface area contributed by atoms with Gasteiger partial charge in [-0.2, -0.15) is 0 Å². The molecular formula is C20H20FN3O2. The number of carbonyl (C=O) groups excluding carboxylic acids is 1. The molecule has 2 N–H and O–H groups in total. The maximum Gasteiger partial charge on any atom is 0.230 e. The second-order valence-electron chi connectivity index (χ2n) is 6.78. The highest BCUT2D eigenvalue weighted by atomic mass is 19.1. The van der Waals surface area contributed by atoms with Crippen LogP contribution in [0.1, 0.15) is 17.5 Å². The van der Waals surface area contributed by atoms with E-state index in [1.807, 2.05) is 12.1 Å². The van der Waals surface area contributed by atoms with Gasteiger partial charge in [0.1, 0.15) is 5.82 Å². The lowest BCUT2D eigenvalue weighted by Crippen LogP contribution is -2.15. The molecule has 1 atom stereocenters.